The van der Waals surface area contributed by atoms with E-state index in [-0.39, 0.29) is 5.69 Å². The lowest BCUT2D eigenvalue weighted by atomic mass is 10.1. The topological polar surface area (TPSA) is 84.6 Å². The summed E-state index contributed by atoms with van der Waals surface area (Å²) in [7, 11) is 0. The van der Waals surface area contributed by atoms with Gasteiger partial charge in [-0.15, -0.1) is 0 Å². The van der Waals surface area contributed by atoms with Gasteiger partial charge in [0.1, 0.15) is 0 Å². The summed E-state index contributed by atoms with van der Waals surface area (Å²) in [6, 6.07) is 12.5. The van der Waals surface area contributed by atoms with Gasteiger partial charge in [0.15, 0.2) is 0 Å². The Morgan fingerprint density at radius 2 is 1.86 bits per heavy atom. The lowest BCUT2D eigenvalue weighted by molar-refractivity contribution is -0.384. The minimum absolute atomic E-state index is 0.0341. The van der Waals surface area contributed by atoms with Crippen molar-refractivity contribution in [3.63, 3.8) is 0 Å². The van der Waals surface area contributed by atoms with Gasteiger partial charge >= 0.3 is 0 Å². The zero-order chi connectivity index (χ0) is 16.1. The van der Waals surface area contributed by atoms with Crippen molar-refractivity contribution in [2.75, 3.05) is 0 Å². The SMILES string of the molecule is CC(=NNC(=O)c1cccc(Cl)c1)c1cccc([N+](=O)[O-])c1. The van der Waals surface area contributed by atoms with Gasteiger partial charge in [0, 0.05) is 28.3 Å². The Bertz CT molecular complexity index is 759. The van der Waals surface area contributed by atoms with Crippen LogP contribution in [0, 0.1) is 10.1 Å². The second-order valence-electron chi connectivity index (χ2n) is 4.46. The number of nitrogens with one attached hydrogen (secondary N) is 1. The standard InChI is InChI=1S/C15H12ClN3O3/c1-10(11-4-3-7-14(9-11)19(21)22)17-18-15(20)12-5-2-6-13(16)8-12/h2-9H,1H3,(H,18,20). The van der Waals surface area contributed by atoms with Crippen molar-refractivity contribution >= 4 is 28.9 Å². The predicted molar refractivity (Wildman–Crippen MR) is 84.2 cm³/mol. The van der Waals surface area contributed by atoms with Crippen LogP contribution in [0.5, 0.6) is 0 Å². The number of amides is 1. The summed E-state index contributed by atoms with van der Waals surface area (Å²) in [5.41, 5.74) is 3.75. The summed E-state index contributed by atoms with van der Waals surface area (Å²) in [5, 5.41) is 15.1. The number of nitro groups is 1. The molecule has 0 bridgehead atoms. The lowest BCUT2D eigenvalue weighted by Crippen LogP contribution is -2.19. The Kier molecular flexibility index (Phi) is 4.85. The van der Waals surface area contributed by atoms with E-state index < -0.39 is 10.8 Å². The molecule has 0 fully saturated rings. The zero-order valence-corrected chi connectivity index (χ0v) is 12.4. The number of benzene rings is 2. The van der Waals surface area contributed by atoms with Crippen molar-refractivity contribution in [2.45, 2.75) is 6.92 Å². The van der Waals surface area contributed by atoms with E-state index in [2.05, 4.69) is 10.5 Å². The molecule has 2 aromatic carbocycles. The average molecular weight is 318 g/mol. The van der Waals surface area contributed by atoms with Gasteiger partial charge in [-0.05, 0) is 25.1 Å². The molecule has 0 aliphatic rings. The van der Waals surface area contributed by atoms with Crippen LogP contribution in [-0.2, 0) is 0 Å². The minimum Gasteiger partial charge on any atom is -0.267 e. The largest absolute Gasteiger partial charge is 0.271 e. The van der Waals surface area contributed by atoms with Crippen LogP contribution in [-0.4, -0.2) is 16.5 Å². The number of hydrogen-bond donors (Lipinski definition) is 1. The number of carbonyl (C=O) groups excluding carboxylic acids is 1. The molecule has 0 aromatic heterocycles. The van der Waals surface area contributed by atoms with E-state index in [9.17, 15) is 14.9 Å². The van der Waals surface area contributed by atoms with E-state index in [1.54, 1.807) is 37.3 Å². The summed E-state index contributed by atoms with van der Waals surface area (Å²) in [5.74, 6) is -0.410. The van der Waals surface area contributed by atoms with E-state index in [4.69, 9.17) is 11.6 Å². The Morgan fingerprint density at radius 3 is 2.55 bits per heavy atom. The summed E-state index contributed by atoms with van der Waals surface area (Å²) >= 11 is 5.81. The molecule has 6 nitrogen and oxygen atoms in total. The first-order chi connectivity index (χ1) is 10.5. The Hall–Kier alpha value is -2.73. The molecule has 7 heteroatoms. The number of hydrogen-bond acceptors (Lipinski definition) is 4. The molecule has 1 N–H and O–H groups in total. The maximum atomic E-state index is 11.9. The van der Waals surface area contributed by atoms with Crippen LogP contribution in [0.25, 0.3) is 0 Å². The first-order valence-electron chi connectivity index (χ1n) is 6.32. The number of hydrazone groups is 1. The highest BCUT2D eigenvalue weighted by atomic mass is 35.5. The average Bonchev–Trinajstić information content (AvgIpc) is 2.52. The van der Waals surface area contributed by atoms with Gasteiger partial charge < -0.3 is 0 Å². The van der Waals surface area contributed by atoms with Crippen LogP contribution in [0.3, 0.4) is 0 Å². The maximum Gasteiger partial charge on any atom is 0.271 e. The quantitative estimate of drug-likeness (QED) is 0.533. The minimum atomic E-state index is -0.485. The molecule has 22 heavy (non-hydrogen) atoms. The van der Waals surface area contributed by atoms with Crippen molar-refractivity contribution in [2.24, 2.45) is 5.10 Å². The number of carbonyl (C=O) groups is 1. The van der Waals surface area contributed by atoms with E-state index in [1.165, 1.54) is 18.2 Å². The van der Waals surface area contributed by atoms with Crippen LogP contribution in [0.1, 0.15) is 22.8 Å². The van der Waals surface area contributed by atoms with Crippen LogP contribution < -0.4 is 5.43 Å². The molecule has 112 valence electrons. The van der Waals surface area contributed by atoms with Gasteiger partial charge in [-0.2, -0.15) is 5.10 Å². The van der Waals surface area contributed by atoms with Crippen LogP contribution in [0.4, 0.5) is 5.69 Å². The molecular formula is C15H12ClN3O3. The smallest absolute Gasteiger partial charge is 0.267 e. The molecule has 0 heterocycles. The second kappa shape index (κ2) is 6.82. The molecule has 0 radical (unpaired) electrons. The third-order valence-corrected chi connectivity index (χ3v) is 3.12. The van der Waals surface area contributed by atoms with E-state index in [0.29, 0.717) is 21.9 Å². The maximum absolute atomic E-state index is 11.9. The third-order valence-electron chi connectivity index (χ3n) is 2.89. The molecule has 0 aliphatic heterocycles. The van der Waals surface area contributed by atoms with Crippen molar-refractivity contribution < 1.29 is 9.72 Å². The van der Waals surface area contributed by atoms with Crippen molar-refractivity contribution in [1.29, 1.82) is 0 Å². The Balaban J connectivity index is 2.14. The zero-order valence-electron chi connectivity index (χ0n) is 11.6. The van der Waals surface area contributed by atoms with Gasteiger partial charge in [0.25, 0.3) is 11.6 Å². The normalized spacial score (nSPS) is 11.1. The summed E-state index contributed by atoms with van der Waals surface area (Å²) in [6.07, 6.45) is 0. The summed E-state index contributed by atoms with van der Waals surface area (Å²) in [4.78, 5) is 22.2. The van der Waals surface area contributed by atoms with Crippen molar-refractivity contribution in [1.82, 2.24) is 5.43 Å². The number of nitrogens with zero attached hydrogens (tertiary/aromatic N) is 2. The van der Waals surface area contributed by atoms with E-state index >= 15 is 0 Å². The first-order valence-corrected chi connectivity index (χ1v) is 6.70. The van der Waals surface area contributed by atoms with Crippen molar-refractivity contribution in [3.8, 4) is 0 Å². The predicted octanol–water partition coefficient (Wildman–Crippen LogP) is 3.40. The molecule has 0 atom stereocenters. The fraction of sp³-hybridized carbons (Fsp3) is 0.0667. The Morgan fingerprint density at radius 1 is 1.18 bits per heavy atom. The number of nitro benzene ring substituents is 1. The molecule has 0 spiro atoms. The van der Waals surface area contributed by atoms with Gasteiger partial charge in [-0.3, -0.25) is 14.9 Å². The third kappa shape index (κ3) is 3.89. The molecule has 1 amide bonds. The van der Waals surface area contributed by atoms with Crippen LogP contribution in [0.2, 0.25) is 5.02 Å². The highest BCUT2D eigenvalue weighted by molar-refractivity contribution is 6.30. The monoisotopic (exact) mass is 317 g/mol. The summed E-state index contributed by atoms with van der Waals surface area (Å²) in [6.45, 7) is 1.65. The van der Waals surface area contributed by atoms with Crippen molar-refractivity contribution in [3.05, 3.63) is 74.8 Å². The summed E-state index contributed by atoms with van der Waals surface area (Å²) < 4.78 is 0. The van der Waals surface area contributed by atoms with Crippen LogP contribution in [0.15, 0.2) is 53.6 Å². The van der Waals surface area contributed by atoms with Gasteiger partial charge in [-0.25, -0.2) is 5.43 Å². The molecule has 2 rings (SSSR count). The molecule has 0 aliphatic carbocycles. The number of non-ortho nitro benzene ring substituents is 1. The van der Waals surface area contributed by atoms with Gasteiger partial charge in [0.2, 0.25) is 0 Å². The number of halogens is 1. The Labute approximate surface area is 131 Å². The number of rotatable bonds is 4. The highest BCUT2D eigenvalue weighted by Gasteiger charge is 2.08. The fourth-order valence-electron chi connectivity index (χ4n) is 1.74. The molecular weight excluding hydrogens is 306 g/mol. The lowest BCUT2D eigenvalue weighted by Gasteiger charge is -2.03. The van der Waals surface area contributed by atoms with Gasteiger partial charge in [-0.1, -0.05) is 29.8 Å². The van der Waals surface area contributed by atoms with E-state index in [1.807, 2.05) is 0 Å². The molecule has 0 saturated carbocycles. The first kappa shape index (κ1) is 15.7. The fourth-order valence-corrected chi connectivity index (χ4v) is 1.93. The molecule has 0 saturated heterocycles. The molecule has 2 aromatic rings. The van der Waals surface area contributed by atoms with E-state index in [0.717, 1.165) is 0 Å². The van der Waals surface area contributed by atoms with Gasteiger partial charge in [0.05, 0.1) is 10.6 Å². The highest BCUT2D eigenvalue weighted by Crippen LogP contribution is 2.14. The molecule has 0 unspecified atom stereocenters. The van der Waals surface area contributed by atoms with Crippen LogP contribution >= 0.6 is 11.6 Å². The second-order valence-corrected chi connectivity index (χ2v) is 4.89.